The predicted molar refractivity (Wildman–Crippen MR) is 77.6 cm³/mol. The Bertz CT molecular complexity index is 338. The van der Waals surface area contributed by atoms with E-state index >= 15 is 0 Å². The van der Waals surface area contributed by atoms with Crippen molar-refractivity contribution in [3.05, 3.63) is 33.4 Å². The van der Waals surface area contributed by atoms with Gasteiger partial charge in [0, 0.05) is 16.7 Å². The highest BCUT2D eigenvalue weighted by Crippen LogP contribution is 2.34. The lowest BCUT2D eigenvalue weighted by Gasteiger charge is -2.44. The van der Waals surface area contributed by atoms with Crippen LogP contribution in [0, 0.1) is 14.9 Å². The van der Waals surface area contributed by atoms with Crippen LogP contribution < -0.4 is 5.32 Å². The van der Waals surface area contributed by atoms with Gasteiger partial charge in [0.05, 0.1) is 0 Å². The second-order valence-electron chi connectivity index (χ2n) is 5.50. The summed E-state index contributed by atoms with van der Waals surface area (Å²) < 4.78 is 1.32. The fourth-order valence-corrected chi connectivity index (χ4v) is 3.08. The zero-order valence-corrected chi connectivity index (χ0v) is 12.3. The number of nitrogens with one attached hydrogen (secondary N) is 1. The molecule has 2 rings (SSSR count). The molecule has 0 unspecified atom stereocenters. The predicted octanol–water partition coefficient (Wildman–Crippen LogP) is 3.47. The monoisotopic (exact) mass is 329 g/mol. The van der Waals surface area contributed by atoms with Crippen molar-refractivity contribution in [2.24, 2.45) is 11.3 Å². The fraction of sp³-hybridized carbons (Fsp3) is 0.571. The summed E-state index contributed by atoms with van der Waals surface area (Å²) in [5.74, 6) is 0.797. The van der Waals surface area contributed by atoms with Crippen molar-refractivity contribution in [2.75, 3.05) is 13.1 Å². The maximum absolute atomic E-state index is 3.44. The maximum atomic E-state index is 3.44. The van der Waals surface area contributed by atoms with Gasteiger partial charge < -0.3 is 5.32 Å². The summed E-state index contributed by atoms with van der Waals surface area (Å²) in [4.78, 5) is 0. The summed E-state index contributed by atoms with van der Waals surface area (Å²) >= 11 is 2.36. The van der Waals surface area contributed by atoms with Gasteiger partial charge in [-0.05, 0) is 64.5 Å². The van der Waals surface area contributed by atoms with E-state index in [4.69, 9.17) is 0 Å². The first-order valence-electron chi connectivity index (χ1n) is 6.05. The summed E-state index contributed by atoms with van der Waals surface area (Å²) in [6.45, 7) is 7.04. The molecule has 0 atom stereocenters. The van der Waals surface area contributed by atoms with Crippen molar-refractivity contribution >= 4 is 22.6 Å². The second-order valence-corrected chi connectivity index (χ2v) is 6.75. The SMILES string of the molecule is CC(C)CC1(Cc2ccc(I)cc2)CNC1. The zero-order chi connectivity index (χ0) is 11.6. The van der Waals surface area contributed by atoms with E-state index in [-0.39, 0.29) is 0 Å². The summed E-state index contributed by atoms with van der Waals surface area (Å²) in [5, 5.41) is 3.44. The first-order chi connectivity index (χ1) is 7.60. The molecule has 16 heavy (non-hydrogen) atoms. The molecule has 1 nitrogen and oxygen atoms in total. The Morgan fingerprint density at radius 3 is 2.31 bits per heavy atom. The molecule has 1 aromatic carbocycles. The van der Waals surface area contributed by atoms with E-state index in [0.29, 0.717) is 5.41 Å². The van der Waals surface area contributed by atoms with Gasteiger partial charge in [0.2, 0.25) is 0 Å². The van der Waals surface area contributed by atoms with E-state index in [9.17, 15) is 0 Å². The number of benzene rings is 1. The molecule has 2 heteroatoms. The Kier molecular flexibility index (Phi) is 3.90. The minimum Gasteiger partial charge on any atom is -0.316 e. The van der Waals surface area contributed by atoms with Gasteiger partial charge in [-0.2, -0.15) is 0 Å². The molecule has 1 aliphatic heterocycles. The lowest BCUT2D eigenvalue weighted by atomic mass is 9.71. The second kappa shape index (κ2) is 5.05. The van der Waals surface area contributed by atoms with Crippen molar-refractivity contribution in [3.63, 3.8) is 0 Å². The maximum Gasteiger partial charge on any atom is 0.0130 e. The fourth-order valence-electron chi connectivity index (χ4n) is 2.72. The molecule has 0 aromatic heterocycles. The van der Waals surface area contributed by atoms with Crippen LogP contribution in [0.2, 0.25) is 0 Å². The van der Waals surface area contributed by atoms with Crippen molar-refractivity contribution < 1.29 is 0 Å². The zero-order valence-electron chi connectivity index (χ0n) is 10.1. The molecule has 1 N–H and O–H groups in total. The summed E-state index contributed by atoms with van der Waals surface area (Å²) in [5.41, 5.74) is 2.02. The quantitative estimate of drug-likeness (QED) is 0.834. The Labute approximate surface area is 112 Å². The highest BCUT2D eigenvalue weighted by Gasteiger charge is 2.37. The smallest absolute Gasteiger partial charge is 0.0130 e. The van der Waals surface area contributed by atoms with Crippen LogP contribution in [0.15, 0.2) is 24.3 Å². The first-order valence-corrected chi connectivity index (χ1v) is 7.13. The van der Waals surface area contributed by atoms with Crippen molar-refractivity contribution in [1.82, 2.24) is 5.32 Å². The van der Waals surface area contributed by atoms with Gasteiger partial charge in [0.25, 0.3) is 0 Å². The topological polar surface area (TPSA) is 12.0 Å². The molecule has 0 radical (unpaired) electrons. The van der Waals surface area contributed by atoms with E-state index in [2.05, 4.69) is 66.0 Å². The van der Waals surface area contributed by atoms with E-state index < -0.39 is 0 Å². The first kappa shape index (κ1) is 12.4. The van der Waals surface area contributed by atoms with Crippen molar-refractivity contribution in [2.45, 2.75) is 26.7 Å². The van der Waals surface area contributed by atoms with Crippen LogP contribution in [-0.2, 0) is 6.42 Å². The Balaban J connectivity index is 2.04. The summed E-state index contributed by atoms with van der Waals surface area (Å²) in [6.07, 6.45) is 2.57. The third-order valence-corrected chi connectivity index (χ3v) is 4.05. The van der Waals surface area contributed by atoms with Crippen LogP contribution in [0.4, 0.5) is 0 Å². The highest BCUT2D eigenvalue weighted by atomic mass is 127. The number of hydrogen-bond donors (Lipinski definition) is 1. The molecule has 1 heterocycles. The van der Waals surface area contributed by atoms with Gasteiger partial charge in [-0.25, -0.2) is 0 Å². The summed E-state index contributed by atoms with van der Waals surface area (Å²) in [7, 11) is 0. The average Bonchev–Trinajstić information content (AvgIpc) is 2.17. The van der Waals surface area contributed by atoms with Gasteiger partial charge in [-0.15, -0.1) is 0 Å². The van der Waals surface area contributed by atoms with Gasteiger partial charge in [0.1, 0.15) is 0 Å². The van der Waals surface area contributed by atoms with Gasteiger partial charge in [-0.1, -0.05) is 26.0 Å². The molecule has 0 spiro atoms. The molecule has 1 fully saturated rings. The van der Waals surface area contributed by atoms with E-state index in [1.54, 1.807) is 0 Å². The summed E-state index contributed by atoms with van der Waals surface area (Å²) in [6, 6.07) is 8.99. The molecule has 0 amide bonds. The Morgan fingerprint density at radius 1 is 1.25 bits per heavy atom. The van der Waals surface area contributed by atoms with Crippen molar-refractivity contribution in [3.8, 4) is 0 Å². The van der Waals surface area contributed by atoms with E-state index in [0.717, 1.165) is 5.92 Å². The molecule has 0 bridgehead atoms. The lowest BCUT2D eigenvalue weighted by molar-refractivity contribution is 0.131. The number of rotatable bonds is 4. The average molecular weight is 329 g/mol. The largest absolute Gasteiger partial charge is 0.316 e. The van der Waals surface area contributed by atoms with Crippen LogP contribution >= 0.6 is 22.6 Å². The minimum atomic E-state index is 0.529. The molecule has 1 aromatic rings. The van der Waals surface area contributed by atoms with Crippen LogP contribution in [-0.4, -0.2) is 13.1 Å². The van der Waals surface area contributed by atoms with Crippen LogP contribution in [0.5, 0.6) is 0 Å². The molecule has 1 saturated heterocycles. The molecular weight excluding hydrogens is 309 g/mol. The van der Waals surface area contributed by atoms with E-state index in [1.807, 2.05) is 0 Å². The van der Waals surface area contributed by atoms with Gasteiger partial charge in [0.15, 0.2) is 0 Å². The standard InChI is InChI=1S/C14H20IN/c1-11(2)7-14(9-16-10-14)8-12-3-5-13(15)6-4-12/h3-6,11,16H,7-10H2,1-2H3. The third-order valence-electron chi connectivity index (χ3n) is 3.33. The molecular formula is C14H20IN. The minimum absolute atomic E-state index is 0.529. The number of hydrogen-bond acceptors (Lipinski definition) is 1. The van der Waals surface area contributed by atoms with Crippen LogP contribution in [0.25, 0.3) is 0 Å². The van der Waals surface area contributed by atoms with E-state index in [1.165, 1.54) is 35.1 Å². The Hall–Kier alpha value is -0.0900. The number of halogens is 1. The van der Waals surface area contributed by atoms with Gasteiger partial charge in [-0.3, -0.25) is 0 Å². The van der Waals surface area contributed by atoms with Crippen LogP contribution in [0.3, 0.4) is 0 Å². The third kappa shape index (κ3) is 2.98. The Morgan fingerprint density at radius 2 is 1.88 bits per heavy atom. The normalized spacial score (nSPS) is 18.5. The molecule has 88 valence electrons. The molecule has 0 aliphatic carbocycles. The molecule has 0 saturated carbocycles. The lowest BCUT2D eigenvalue weighted by Crippen LogP contribution is -2.55. The van der Waals surface area contributed by atoms with Crippen LogP contribution in [0.1, 0.15) is 25.8 Å². The van der Waals surface area contributed by atoms with Crippen molar-refractivity contribution in [1.29, 1.82) is 0 Å². The highest BCUT2D eigenvalue weighted by molar-refractivity contribution is 14.1. The van der Waals surface area contributed by atoms with Gasteiger partial charge >= 0.3 is 0 Å². The molecule has 1 aliphatic rings.